The second kappa shape index (κ2) is 5.84. The zero-order valence-electron chi connectivity index (χ0n) is 10.7. The first-order valence-corrected chi connectivity index (χ1v) is 6.31. The Morgan fingerprint density at radius 1 is 1.26 bits per heavy atom. The van der Waals surface area contributed by atoms with Crippen molar-refractivity contribution in [3.8, 4) is 0 Å². The van der Waals surface area contributed by atoms with Crippen molar-refractivity contribution in [2.45, 2.75) is 38.0 Å². The maximum Gasteiger partial charge on any atom is 0.332 e. The van der Waals surface area contributed by atoms with Gasteiger partial charge in [0.1, 0.15) is 6.10 Å². The number of carbonyl (C=O) groups excluding carboxylic acids is 1. The van der Waals surface area contributed by atoms with E-state index in [1.54, 1.807) is 0 Å². The predicted octanol–water partition coefficient (Wildman–Crippen LogP) is 1.50. The Balaban J connectivity index is 1.90. The first-order chi connectivity index (χ1) is 9.08. The highest BCUT2D eigenvalue weighted by Gasteiger charge is 2.35. The first kappa shape index (κ1) is 13.5. The van der Waals surface area contributed by atoms with E-state index in [0.29, 0.717) is 12.8 Å². The Bertz CT molecular complexity index is 460. The van der Waals surface area contributed by atoms with Crippen LogP contribution in [0.4, 0.5) is 0 Å². The zero-order valence-corrected chi connectivity index (χ0v) is 10.7. The van der Waals surface area contributed by atoms with Crippen LogP contribution in [0.5, 0.6) is 0 Å². The van der Waals surface area contributed by atoms with E-state index < -0.39 is 18.2 Å². The molecule has 1 aromatic carbocycles. The van der Waals surface area contributed by atoms with Crippen LogP contribution in [0.15, 0.2) is 30.3 Å². The Hall–Kier alpha value is -1.88. The highest BCUT2D eigenvalue weighted by atomic mass is 16.5. The predicted molar refractivity (Wildman–Crippen MR) is 68.5 cm³/mol. The summed E-state index contributed by atoms with van der Waals surface area (Å²) in [5.74, 6) is -1.26. The lowest BCUT2D eigenvalue weighted by atomic mass is 10.1. The third-order valence-electron chi connectivity index (χ3n) is 3.25. The van der Waals surface area contributed by atoms with Crippen LogP contribution >= 0.6 is 0 Å². The van der Waals surface area contributed by atoms with Gasteiger partial charge >= 0.3 is 5.97 Å². The molecule has 0 bridgehead atoms. The smallest absolute Gasteiger partial charge is 0.332 e. The molecule has 3 atom stereocenters. The number of benzene rings is 1. The van der Waals surface area contributed by atoms with E-state index in [9.17, 15) is 9.59 Å². The van der Waals surface area contributed by atoms with Crippen LogP contribution < -0.4 is 5.32 Å². The third kappa shape index (κ3) is 3.32. The topological polar surface area (TPSA) is 75.6 Å². The van der Waals surface area contributed by atoms with Gasteiger partial charge in [0, 0.05) is 0 Å². The molecule has 1 aromatic rings. The molecule has 1 aliphatic rings. The number of ether oxygens (including phenoxy) is 1. The molecule has 0 unspecified atom stereocenters. The van der Waals surface area contributed by atoms with Gasteiger partial charge in [0.2, 0.25) is 5.91 Å². The van der Waals surface area contributed by atoms with Crippen LogP contribution in [0.1, 0.15) is 31.4 Å². The van der Waals surface area contributed by atoms with E-state index in [1.807, 2.05) is 37.3 Å². The van der Waals surface area contributed by atoms with Gasteiger partial charge in [0.05, 0.1) is 6.04 Å². The molecule has 102 valence electrons. The lowest BCUT2D eigenvalue weighted by Crippen LogP contribution is -2.37. The standard InChI is InChI=1S/C14H17NO4/c1-9(10-5-3-2-4-6-10)15-13(16)11-7-8-12(19-11)14(17)18/h2-6,9,11-12H,7-8H2,1H3,(H,15,16)(H,17,18)/t9-,11-,12+/m0/s1. The van der Waals surface area contributed by atoms with Crippen LogP contribution in [-0.4, -0.2) is 29.2 Å². The van der Waals surface area contributed by atoms with E-state index in [0.717, 1.165) is 5.56 Å². The van der Waals surface area contributed by atoms with E-state index in [-0.39, 0.29) is 11.9 Å². The minimum atomic E-state index is -1.01. The van der Waals surface area contributed by atoms with Crippen LogP contribution in [-0.2, 0) is 14.3 Å². The summed E-state index contributed by atoms with van der Waals surface area (Å²) < 4.78 is 5.21. The normalized spacial score (nSPS) is 23.8. The average molecular weight is 263 g/mol. The van der Waals surface area contributed by atoms with E-state index >= 15 is 0 Å². The summed E-state index contributed by atoms with van der Waals surface area (Å²) in [6, 6.07) is 9.47. The number of aliphatic carboxylic acids is 1. The quantitative estimate of drug-likeness (QED) is 0.863. The van der Waals surface area contributed by atoms with Gasteiger partial charge < -0.3 is 15.2 Å². The van der Waals surface area contributed by atoms with Gasteiger partial charge in [-0.25, -0.2) is 4.79 Å². The fraction of sp³-hybridized carbons (Fsp3) is 0.429. The molecule has 19 heavy (non-hydrogen) atoms. The van der Waals surface area contributed by atoms with E-state index in [4.69, 9.17) is 9.84 Å². The Kier molecular flexibility index (Phi) is 4.16. The minimum Gasteiger partial charge on any atom is -0.479 e. The number of hydrogen-bond donors (Lipinski definition) is 2. The van der Waals surface area contributed by atoms with Crippen molar-refractivity contribution in [3.63, 3.8) is 0 Å². The van der Waals surface area contributed by atoms with Gasteiger partial charge in [0.25, 0.3) is 0 Å². The zero-order chi connectivity index (χ0) is 13.8. The Morgan fingerprint density at radius 3 is 2.47 bits per heavy atom. The number of hydrogen-bond acceptors (Lipinski definition) is 3. The number of nitrogens with one attached hydrogen (secondary N) is 1. The SMILES string of the molecule is C[C@H](NC(=O)[C@@H]1CC[C@H](C(=O)O)O1)c1ccccc1. The molecule has 0 spiro atoms. The molecule has 1 aliphatic heterocycles. The Labute approximate surface area is 111 Å². The van der Waals surface area contributed by atoms with Crippen LogP contribution in [0.2, 0.25) is 0 Å². The second-order valence-electron chi connectivity index (χ2n) is 4.67. The lowest BCUT2D eigenvalue weighted by Gasteiger charge is -2.17. The van der Waals surface area contributed by atoms with Crippen molar-refractivity contribution < 1.29 is 19.4 Å². The maximum atomic E-state index is 12.0. The number of rotatable bonds is 4. The van der Waals surface area contributed by atoms with Crippen molar-refractivity contribution in [3.05, 3.63) is 35.9 Å². The summed E-state index contributed by atoms with van der Waals surface area (Å²) in [6.45, 7) is 1.89. The molecule has 1 fully saturated rings. The average Bonchev–Trinajstić information content (AvgIpc) is 2.89. The molecule has 2 N–H and O–H groups in total. The molecule has 5 nitrogen and oxygen atoms in total. The van der Waals surface area contributed by atoms with Crippen molar-refractivity contribution in [2.75, 3.05) is 0 Å². The minimum absolute atomic E-state index is 0.124. The molecule has 0 saturated carbocycles. The largest absolute Gasteiger partial charge is 0.479 e. The Morgan fingerprint density at radius 2 is 1.89 bits per heavy atom. The fourth-order valence-corrected chi connectivity index (χ4v) is 2.14. The molecule has 0 radical (unpaired) electrons. The molecule has 5 heteroatoms. The summed E-state index contributed by atoms with van der Waals surface area (Å²) in [6.07, 6.45) is -0.688. The molecular weight excluding hydrogens is 246 g/mol. The first-order valence-electron chi connectivity index (χ1n) is 6.31. The van der Waals surface area contributed by atoms with Crippen LogP contribution in [0, 0.1) is 0 Å². The number of amides is 1. The highest BCUT2D eigenvalue weighted by Crippen LogP contribution is 2.21. The third-order valence-corrected chi connectivity index (χ3v) is 3.25. The van der Waals surface area contributed by atoms with Crippen molar-refractivity contribution in [1.29, 1.82) is 0 Å². The van der Waals surface area contributed by atoms with Crippen molar-refractivity contribution in [1.82, 2.24) is 5.32 Å². The summed E-state index contributed by atoms with van der Waals surface area (Å²) in [4.78, 5) is 22.7. The summed E-state index contributed by atoms with van der Waals surface area (Å²) >= 11 is 0. The molecular formula is C14H17NO4. The van der Waals surface area contributed by atoms with Gasteiger partial charge in [-0.05, 0) is 25.3 Å². The van der Waals surface area contributed by atoms with E-state index in [2.05, 4.69) is 5.32 Å². The van der Waals surface area contributed by atoms with Gasteiger partial charge in [-0.15, -0.1) is 0 Å². The van der Waals surface area contributed by atoms with Crippen molar-refractivity contribution >= 4 is 11.9 Å². The van der Waals surface area contributed by atoms with Crippen molar-refractivity contribution in [2.24, 2.45) is 0 Å². The van der Waals surface area contributed by atoms with Crippen LogP contribution in [0.25, 0.3) is 0 Å². The monoisotopic (exact) mass is 263 g/mol. The number of carboxylic acids is 1. The molecule has 0 aromatic heterocycles. The lowest BCUT2D eigenvalue weighted by molar-refractivity contribution is -0.151. The van der Waals surface area contributed by atoms with E-state index in [1.165, 1.54) is 0 Å². The number of carbonyl (C=O) groups is 2. The molecule has 0 aliphatic carbocycles. The fourth-order valence-electron chi connectivity index (χ4n) is 2.14. The summed E-state index contributed by atoms with van der Waals surface area (Å²) in [5, 5.41) is 11.7. The molecule has 2 rings (SSSR count). The van der Waals surface area contributed by atoms with Gasteiger partial charge in [-0.2, -0.15) is 0 Å². The summed E-state index contributed by atoms with van der Waals surface area (Å²) in [5.41, 5.74) is 1.00. The maximum absolute atomic E-state index is 12.0. The van der Waals surface area contributed by atoms with Crippen LogP contribution in [0.3, 0.4) is 0 Å². The van der Waals surface area contributed by atoms with Gasteiger partial charge in [0.15, 0.2) is 6.10 Å². The number of carboxylic acid groups (broad SMARTS) is 1. The summed E-state index contributed by atoms with van der Waals surface area (Å²) in [7, 11) is 0. The van der Waals surface area contributed by atoms with Gasteiger partial charge in [-0.3, -0.25) is 4.79 Å². The molecule has 1 heterocycles. The van der Waals surface area contributed by atoms with Gasteiger partial charge in [-0.1, -0.05) is 30.3 Å². The second-order valence-corrected chi connectivity index (χ2v) is 4.67. The highest BCUT2D eigenvalue weighted by molar-refractivity contribution is 5.82. The molecule has 1 saturated heterocycles. The molecule has 1 amide bonds.